The Balaban J connectivity index is 1.69. The van der Waals surface area contributed by atoms with Gasteiger partial charge >= 0.3 is 0 Å². The first-order valence-electron chi connectivity index (χ1n) is 8.97. The molecule has 7 heteroatoms. The maximum Gasteiger partial charge on any atom is 0.191 e. The molecule has 1 atom stereocenters. The first-order chi connectivity index (χ1) is 13.1. The monoisotopic (exact) mass is 387 g/mol. The van der Waals surface area contributed by atoms with Crippen LogP contribution in [-0.2, 0) is 4.74 Å². The Kier molecular flexibility index (Phi) is 6.86. The fraction of sp³-hybridized carbons (Fsp3) is 0.300. The summed E-state index contributed by atoms with van der Waals surface area (Å²) in [5.41, 5.74) is 5.78. The predicted molar refractivity (Wildman–Crippen MR) is 110 cm³/mol. The molecule has 0 aromatic heterocycles. The quantitative estimate of drug-likeness (QED) is 0.418. The molecule has 3 N–H and O–H groups in total. The van der Waals surface area contributed by atoms with Crippen LogP contribution in [0.4, 0.5) is 10.1 Å². The summed E-state index contributed by atoms with van der Waals surface area (Å²) >= 11 is 5.30. The molecule has 1 aliphatic heterocycles. The number of thiocarbonyl (C=S) groups is 1. The van der Waals surface area contributed by atoms with Crippen LogP contribution in [0.25, 0.3) is 0 Å². The van der Waals surface area contributed by atoms with Crippen LogP contribution in [-0.4, -0.2) is 37.1 Å². The Morgan fingerprint density at radius 1 is 1.11 bits per heavy atom. The molecule has 0 aliphatic carbocycles. The Hall–Kier alpha value is -2.35. The molecule has 0 radical (unpaired) electrons. The van der Waals surface area contributed by atoms with E-state index in [1.165, 1.54) is 22.6 Å². The van der Waals surface area contributed by atoms with Gasteiger partial charge in [-0.05, 0) is 43.4 Å². The number of hydrogen-bond donors (Lipinski definition) is 3. The minimum atomic E-state index is -0.285. The van der Waals surface area contributed by atoms with Crippen LogP contribution < -0.4 is 15.6 Å². The highest BCUT2D eigenvalue weighted by atomic mass is 32.1. The summed E-state index contributed by atoms with van der Waals surface area (Å²) in [6.45, 7) is 5.39. The van der Waals surface area contributed by atoms with Crippen LogP contribution in [0, 0.1) is 5.82 Å². The van der Waals surface area contributed by atoms with Gasteiger partial charge in [-0.2, -0.15) is 5.10 Å². The fourth-order valence-corrected chi connectivity index (χ4v) is 3.40. The van der Waals surface area contributed by atoms with Crippen LogP contribution in [0.15, 0.2) is 59.7 Å². The number of rotatable bonds is 5. The molecule has 0 amide bonds. The zero-order valence-corrected chi connectivity index (χ0v) is 16.1. The first kappa shape index (κ1) is 19.4. The number of hydrazone groups is 1. The molecule has 142 valence electrons. The number of nitrogens with zero attached hydrogens (tertiary/aromatic N) is 1. The molecular weight excluding hydrogens is 363 g/mol. The molecule has 1 aliphatic rings. The molecule has 27 heavy (non-hydrogen) atoms. The number of halogens is 1. The third-order valence-corrected chi connectivity index (χ3v) is 4.72. The minimum absolute atomic E-state index is 0.135. The van der Waals surface area contributed by atoms with Gasteiger partial charge < -0.3 is 15.0 Å². The highest BCUT2D eigenvalue weighted by Gasteiger charge is 2.29. The van der Waals surface area contributed by atoms with Crippen molar-refractivity contribution < 1.29 is 14.0 Å². The lowest BCUT2D eigenvalue weighted by molar-refractivity contribution is -0.928. The summed E-state index contributed by atoms with van der Waals surface area (Å²) in [4.78, 5) is 1.42. The van der Waals surface area contributed by atoms with Crippen molar-refractivity contribution in [2.24, 2.45) is 5.10 Å². The van der Waals surface area contributed by atoms with Crippen LogP contribution in [0.2, 0.25) is 0 Å². The van der Waals surface area contributed by atoms with Gasteiger partial charge in [0.2, 0.25) is 0 Å². The largest absolute Gasteiger partial charge is 0.370 e. The molecule has 0 bridgehead atoms. The van der Waals surface area contributed by atoms with Gasteiger partial charge in [-0.25, -0.2) is 4.39 Å². The molecular formula is C20H24FN4OS+. The maximum atomic E-state index is 13.0. The van der Waals surface area contributed by atoms with Crippen LogP contribution in [0.1, 0.15) is 18.5 Å². The van der Waals surface area contributed by atoms with Crippen molar-refractivity contribution in [1.29, 1.82) is 0 Å². The van der Waals surface area contributed by atoms with Crippen molar-refractivity contribution >= 4 is 28.7 Å². The minimum Gasteiger partial charge on any atom is -0.370 e. The van der Waals surface area contributed by atoms with E-state index in [0.29, 0.717) is 10.8 Å². The summed E-state index contributed by atoms with van der Waals surface area (Å²) in [5.74, 6) is -0.285. The zero-order chi connectivity index (χ0) is 19.1. The molecule has 5 nitrogen and oxygen atoms in total. The SMILES string of the molecule is C/C(=N/NC(=S)Nc1ccc(F)cc1)[C@H](c1ccccc1)[NH+]1CCOCC1. The van der Waals surface area contributed by atoms with Crippen molar-refractivity contribution in [1.82, 2.24) is 5.43 Å². The second kappa shape index (κ2) is 9.55. The number of quaternary nitrogens is 1. The smallest absolute Gasteiger partial charge is 0.191 e. The van der Waals surface area contributed by atoms with E-state index in [-0.39, 0.29) is 11.9 Å². The summed E-state index contributed by atoms with van der Waals surface area (Å²) in [6.07, 6.45) is 0. The number of anilines is 1. The molecule has 3 rings (SSSR count). The van der Waals surface area contributed by atoms with Gasteiger partial charge in [0.05, 0.1) is 18.9 Å². The van der Waals surface area contributed by atoms with E-state index in [1.54, 1.807) is 12.1 Å². The lowest BCUT2D eigenvalue weighted by Gasteiger charge is -2.31. The van der Waals surface area contributed by atoms with Crippen LogP contribution in [0.5, 0.6) is 0 Å². The van der Waals surface area contributed by atoms with Gasteiger partial charge in [-0.3, -0.25) is 5.43 Å². The molecule has 0 saturated carbocycles. The second-order valence-electron chi connectivity index (χ2n) is 6.44. The molecule has 2 aromatic rings. The van der Waals surface area contributed by atoms with Gasteiger partial charge in [0.15, 0.2) is 11.2 Å². The molecule has 1 fully saturated rings. The summed E-state index contributed by atoms with van der Waals surface area (Å²) in [5, 5.41) is 7.88. The van der Waals surface area contributed by atoms with Gasteiger partial charge in [-0.15, -0.1) is 0 Å². The zero-order valence-electron chi connectivity index (χ0n) is 15.2. The van der Waals surface area contributed by atoms with E-state index in [2.05, 4.69) is 28.0 Å². The van der Waals surface area contributed by atoms with E-state index in [9.17, 15) is 4.39 Å². The number of ether oxygens (including phenoxy) is 1. The van der Waals surface area contributed by atoms with Gasteiger partial charge in [0, 0.05) is 11.3 Å². The molecule has 1 saturated heterocycles. The third-order valence-electron chi connectivity index (χ3n) is 4.53. The van der Waals surface area contributed by atoms with Gasteiger partial charge in [0.25, 0.3) is 0 Å². The number of hydrogen-bond acceptors (Lipinski definition) is 3. The maximum absolute atomic E-state index is 13.0. The first-order valence-corrected chi connectivity index (χ1v) is 9.38. The molecule has 2 aromatic carbocycles. The van der Waals surface area contributed by atoms with Crippen LogP contribution >= 0.6 is 12.2 Å². The predicted octanol–water partition coefficient (Wildman–Crippen LogP) is 2.14. The normalized spacial score (nSPS) is 16.6. The van der Waals surface area contributed by atoms with Gasteiger partial charge in [-0.1, -0.05) is 30.3 Å². The van der Waals surface area contributed by atoms with Gasteiger partial charge in [0.1, 0.15) is 18.9 Å². The lowest BCUT2D eigenvalue weighted by atomic mass is 10.0. The summed E-state index contributed by atoms with van der Waals surface area (Å²) in [6, 6.07) is 16.5. The Labute approximate surface area is 164 Å². The third kappa shape index (κ3) is 5.56. The fourth-order valence-electron chi connectivity index (χ4n) is 3.24. The van der Waals surface area contributed by atoms with E-state index in [0.717, 1.165) is 32.0 Å². The van der Waals surface area contributed by atoms with Crippen molar-refractivity contribution in [2.75, 3.05) is 31.6 Å². The highest BCUT2D eigenvalue weighted by Crippen LogP contribution is 2.12. The number of benzene rings is 2. The molecule has 0 spiro atoms. The second-order valence-corrected chi connectivity index (χ2v) is 6.85. The van der Waals surface area contributed by atoms with E-state index in [1.807, 2.05) is 25.1 Å². The summed E-state index contributed by atoms with van der Waals surface area (Å²) in [7, 11) is 0. The Morgan fingerprint density at radius 2 is 1.78 bits per heavy atom. The van der Waals surface area contributed by atoms with E-state index in [4.69, 9.17) is 17.0 Å². The van der Waals surface area contributed by atoms with Crippen molar-refractivity contribution in [3.63, 3.8) is 0 Å². The van der Waals surface area contributed by atoms with E-state index >= 15 is 0 Å². The van der Waals surface area contributed by atoms with Crippen molar-refractivity contribution in [3.05, 3.63) is 66.0 Å². The summed E-state index contributed by atoms with van der Waals surface area (Å²) < 4.78 is 18.5. The lowest BCUT2D eigenvalue weighted by Crippen LogP contribution is -3.15. The van der Waals surface area contributed by atoms with Crippen molar-refractivity contribution in [3.8, 4) is 0 Å². The molecule has 0 unspecified atom stereocenters. The number of nitrogens with one attached hydrogen (secondary N) is 3. The highest BCUT2D eigenvalue weighted by molar-refractivity contribution is 7.80. The van der Waals surface area contributed by atoms with E-state index < -0.39 is 0 Å². The standard InChI is InChI=1S/C20H23FN4OS/c1-15(23-24-20(27)22-18-9-7-17(21)8-10-18)19(16-5-3-2-4-6-16)25-11-13-26-14-12-25/h2-10,19H,11-14H2,1H3,(H2,22,24,27)/p+1/b23-15-/t19-/m1/s1. The topological polar surface area (TPSA) is 50.1 Å². The molecule has 1 heterocycles. The Morgan fingerprint density at radius 3 is 2.44 bits per heavy atom. The average molecular weight is 388 g/mol. The average Bonchev–Trinajstić information content (AvgIpc) is 2.70. The van der Waals surface area contributed by atoms with Crippen molar-refractivity contribution in [2.45, 2.75) is 13.0 Å². The Bertz CT molecular complexity index is 776. The van der Waals surface area contributed by atoms with Crippen LogP contribution in [0.3, 0.4) is 0 Å². The number of morpholine rings is 1.